The van der Waals surface area contributed by atoms with Gasteiger partial charge in [0.05, 0.1) is 24.2 Å². The summed E-state index contributed by atoms with van der Waals surface area (Å²) < 4.78 is 12.7. The van der Waals surface area contributed by atoms with Gasteiger partial charge in [0.25, 0.3) is 0 Å². The van der Waals surface area contributed by atoms with Crippen molar-refractivity contribution in [3.8, 4) is 11.5 Å². The Morgan fingerprint density at radius 3 is 2.85 bits per heavy atom. The van der Waals surface area contributed by atoms with Gasteiger partial charge in [-0.1, -0.05) is 55.8 Å². The molecule has 4 aliphatic rings. The predicted octanol–water partition coefficient (Wildman–Crippen LogP) is 4.91. The number of hydrogen-bond acceptors (Lipinski definition) is 5. The third-order valence-electron chi connectivity index (χ3n) is 9.82. The number of benzene rings is 2. The highest BCUT2D eigenvalue weighted by Crippen LogP contribution is 2.66. The minimum Gasteiger partial charge on any atom is -0.493 e. The zero-order valence-electron chi connectivity index (χ0n) is 24.2. The van der Waals surface area contributed by atoms with Gasteiger partial charge in [0.2, 0.25) is 5.91 Å². The minimum atomic E-state index is -0.954. The van der Waals surface area contributed by atoms with Gasteiger partial charge in [-0.2, -0.15) is 0 Å². The van der Waals surface area contributed by atoms with E-state index in [1.165, 1.54) is 5.56 Å². The zero-order valence-corrected chi connectivity index (χ0v) is 24.2. The molecule has 1 amide bonds. The number of hydrogen-bond donors (Lipinski definition) is 1. The van der Waals surface area contributed by atoms with Crippen LogP contribution in [-0.2, 0) is 16.6 Å². The predicted molar refractivity (Wildman–Crippen MR) is 158 cm³/mol. The normalized spacial score (nSPS) is 30.2. The van der Waals surface area contributed by atoms with Crippen molar-refractivity contribution in [3.63, 3.8) is 0 Å². The van der Waals surface area contributed by atoms with Gasteiger partial charge >= 0.3 is 0 Å². The van der Waals surface area contributed by atoms with Crippen LogP contribution >= 0.6 is 0 Å². The van der Waals surface area contributed by atoms with Crippen LogP contribution in [0.1, 0.15) is 55.4 Å². The molecular formula is C34H42N2O4. The molecule has 0 radical (unpaired) electrons. The number of methoxy groups -OCH3 is 1. The highest BCUT2D eigenvalue weighted by atomic mass is 16.5. The molecule has 2 aliphatic heterocycles. The van der Waals surface area contributed by atoms with E-state index >= 15 is 0 Å². The lowest BCUT2D eigenvalue weighted by molar-refractivity contribution is -0.199. The Morgan fingerprint density at radius 2 is 2.12 bits per heavy atom. The maximum absolute atomic E-state index is 13.9. The molecule has 2 unspecified atom stereocenters. The van der Waals surface area contributed by atoms with E-state index in [4.69, 9.17) is 9.47 Å². The van der Waals surface area contributed by atoms with E-state index < -0.39 is 11.0 Å². The summed E-state index contributed by atoms with van der Waals surface area (Å²) in [5, 5.41) is 12.8. The van der Waals surface area contributed by atoms with Gasteiger partial charge in [0.1, 0.15) is 6.10 Å². The average molecular weight is 543 g/mol. The van der Waals surface area contributed by atoms with E-state index in [0.29, 0.717) is 25.1 Å². The number of piperidine rings is 1. The molecule has 2 aromatic rings. The second-order valence-corrected chi connectivity index (χ2v) is 12.6. The fourth-order valence-corrected chi connectivity index (χ4v) is 8.28. The van der Waals surface area contributed by atoms with E-state index in [1.54, 1.807) is 13.2 Å². The molecule has 6 nitrogen and oxygen atoms in total. The van der Waals surface area contributed by atoms with Crippen LogP contribution in [0.3, 0.4) is 0 Å². The van der Waals surface area contributed by atoms with Gasteiger partial charge in [-0.05, 0) is 68.3 Å². The number of aryl methyl sites for hydroxylation is 1. The monoisotopic (exact) mass is 542 g/mol. The van der Waals surface area contributed by atoms with Crippen LogP contribution in [0.4, 0.5) is 0 Å². The van der Waals surface area contributed by atoms with Crippen LogP contribution < -0.4 is 9.47 Å². The quantitative estimate of drug-likeness (QED) is 0.379. The molecule has 5 atom stereocenters. The number of nitrogens with zero attached hydrogens (tertiary/aromatic N) is 2. The highest BCUT2D eigenvalue weighted by molar-refractivity contribution is 5.92. The van der Waals surface area contributed by atoms with Crippen molar-refractivity contribution in [2.75, 3.05) is 26.7 Å². The molecule has 2 fully saturated rings. The standard InChI is InChI=1S/C34H42N2O4/c1-6-17-35-18-16-33-30-25-11-12-27(39-5)31(30)40-32(33)26(14-15-34(33,38)28(35)20-25)36(21-22(2)3)29(37)13-10-24-9-7-8-23(4)19-24/h6-13,19,22,26,28,32,38H,1,14-18,20-21H2,2-5H3/b13-10+/t26?,28-,32?,33+,34-/m1/s1. The highest BCUT2D eigenvalue weighted by Gasteiger charge is 2.73. The van der Waals surface area contributed by atoms with E-state index in [0.717, 1.165) is 48.4 Å². The van der Waals surface area contributed by atoms with E-state index in [-0.39, 0.29) is 30.0 Å². The summed E-state index contributed by atoms with van der Waals surface area (Å²) in [6.45, 7) is 12.6. The summed E-state index contributed by atoms with van der Waals surface area (Å²) in [7, 11) is 1.67. The molecule has 40 heavy (non-hydrogen) atoms. The lowest BCUT2D eigenvalue weighted by Gasteiger charge is -2.64. The number of rotatable bonds is 8. The van der Waals surface area contributed by atoms with Crippen LogP contribution in [-0.4, -0.2) is 71.3 Å². The number of amides is 1. The second-order valence-electron chi connectivity index (χ2n) is 12.6. The SMILES string of the molecule is C=CCN1CC[C@]23c4c5ccc(OC)c4OC2C(N(CC(C)C)C(=O)/C=C/c2cccc(C)c2)CC[C@@]3(O)[C@H]1C5. The smallest absolute Gasteiger partial charge is 0.246 e. The number of carbonyl (C=O) groups is 1. The van der Waals surface area contributed by atoms with Crippen molar-refractivity contribution in [2.45, 2.75) is 75.7 Å². The van der Waals surface area contributed by atoms with Crippen LogP contribution in [0.2, 0.25) is 0 Å². The van der Waals surface area contributed by atoms with Crippen molar-refractivity contribution >= 4 is 12.0 Å². The Morgan fingerprint density at radius 1 is 1.30 bits per heavy atom. The zero-order chi connectivity index (χ0) is 28.2. The molecule has 2 heterocycles. The fourth-order valence-electron chi connectivity index (χ4n) is 8.28. The van der Waals surface area contributed by atoms with Crippen LogP contribution in [0, 0.1) is 12.8 Å². The van der Waals surface area contributed by atoms with Gasteiger partial charge in [0.15, 0.2) is 11.5 Å². The Balaban J connectivity index is 1.43. The number of carbonyl (C=O) groups excluding carboxylic acids is 1. The molecule has 2 bridgehead atoms. The number of likely N-dealkylation sites (tertiary alicyclic amines) is 1. The van der Waals surface area contributed by atoms with Gasteiger partial charge in [0, 0.05) is 30.8 Å². The van der Waals surface area contributed by atoms with Gasteiger partial charge in [-0.25, -0.2) is 0 Å². The molecule has 1 spiro atoms. The first kappa shape index (κ1) is 27.1. The Hall–Kier alpha value is -3.09. The molecule has 1 saturated carbocycles. The molecule has 6 heteroatoms. The third kappa shape index (κ3) is 3.94. The van der Waals surface area contributed by atoms with E-state index in [2.05, 4.69) is 50.4 Å². The fraction of sp³-hybridized carbons (Fsp3) is 0.500. The first-order valence-corrected chi connectivity index (χ1v) is 14.7. The molecular weight excluding hydrogens is 500 g/mol. The van der Waals surface area contributed by atoms with Crippen LogP contribution in [0.15, 0.2) is 55.1 Å². The summed E-state index contributed by atoms with van der Waals surface area (Å²) >= 11 is 0. The Kier molecular flexibility index (Phi) is 6.82. The average Bonchev–Trinajstić information content (AvgIpc) is 3.28. The summed E-state index contributed by atoms with van der Waals surface area (Å²) in [6, 6.07) is 12.1. The second kappa shape index (κ2) is 10.1. The van der Waals surface area contributed by atoms with Crippen LogP contribution in [0.25, 0.3) is 6.08 Å². The van der Waals surface area contributed by atoms with Crippen molar-refractivity contribution in [1.29, 1.82) is 0 Å². The van der Waals surface area contributed by atoms with Gasteiger partial charge < -0.3 is 19.5 Å². The minimum absolute atomic E-state index is 0.00903. The molecule has 1 saturated heterocycles. The summed E-state index contributed by atoms with van der Waals surface area (Å²) in [5.74, 6) is 1.75. The first-order chi connectivity index (χ1) is 19.2. The molecule has 2 aliphatic carbocycles. The Bertz CT molecular complexity index is 1350. The number of aliphatic hydroxyl groups is 1. The lowest BCUT2D eigenvalue weighted by atomic mass is 9.48. The summed E-state index contributed by atoms with van der Waals surface area (Å²) in [5.41, 5.74) is 2.97. The topological polar surface area (TPSA) is 62.2 Å². The maximum Gasteiger partial charge on any atom is 0.246 e. The van der Waals surface area contributed by atoms with Crippen molar-refractivity contribution in [3.05, 3.63) is 77.4 Å². The third-order valence-corrected chi connectivity index (χ3v) is 9.82. The molecule has 6 rings (SSSR count). The van der Waals surface area contributed by atoms with Crippen molar-refractivity contribution in [1.82, 2.24) is 9.80 Å². The summed E-state index contributed by atoms with van der Waals surface area (Å²) in [4.78, 5) is 18.4. The van der Waals surface area contributed by atoms with E-state index in [9.17, 15) is 9.90 Å². The van der Waals surface area contributed by atoms with Gasteiger partial charge in [-0.15, -0.1) is 6.58 Å². The molecule has 1 N–H and O–H groups in total. The Labute approximate surface area is 238 Å². The molecule has 2 aromatic carbocycles. The largest absolute Gasteiger partial charge is 0.493 e. The number of ether oxygens (including phenoxy) is 2. The van der Waals surface area contributed by atoms with Crippen molar-refractivity contribution in [2.24, 2.45) is 5.92 Å². The van der Waals surface area contributed by atoms with Gasteiger partial charge in [-0.3, -0.25) is 9.69 Å². The first-order valence-electron chi connectivity index (χ1n) is 14.7. The van der Waals surface area contributed by atoms with Crippen LogP contribution in [0.5, 0.6) is 11.5 Å². The molecule has 0 aromatic heterocycles. The summed E-state index contributed by atoms with van der Waals surface area (Å²) in [6.07, 6.45) is 8.06. The van der Waals surface area contributed by atoms with E-state index in [1.807, 2.05) is 35.3 Å². The maximum atomic E-state index is 13.9. The van der Waals surface area contributed by atoms with Crippen molar-refractivity contribution < 1.29 is 19.4 Å². The molecule has 212 valence electrons. The lowest BCUT2D eigenvalue weighted by Crippen LogP contribution is -2.78.